The Hall–Kier alpha value is -1.67. The number of benzene rings is 2. The predicted molar refractivity (Wildman–Crippen MR) is 77.8 cm³/mol. The minimum Gasteiger partial charge on any atom is -0.320 e. The number of hydrogen-bond donors (Lipinski definition) is 1. The number of nitrogens with two attached hydrogens (primary N) is 1. The summed E-state index contributed by atoms with van der Waals surface area (Å²) in [6, 6.07) is 9.24. The number of aryl methyl sites for hydroxylation is 4. The van der Waals surface area contributed by atoms with Crippen LogP contribution in [0.25, 0.3) is 0 Å². The maximum absolute atomic E-state index is 14.2. The van der Waals surface area contributed by atoms with Crippen LogP contribution in [0.3, 0.4) is 0 Å². The van der Waals surface area contributed by atoms with Crippen molar-refractivity contribution in [1.82, 2.24) is 0 Å². The van der Waals surface area contributed by atoms with E-state index in [-0.39, 0.29) is 5.82 Å². The molecule has 0 saturated carbocycles. The van der Waals surface area contributed by atoms with Crippen molar-refractivity contribution in [2.75, 3.05) is 0 Å². The molecule has 100 valence electrons. The number of rotatable bonds is 2. The van der Waals surface area contributed by atoms with Gasteiger partial charge >= 0.3 is 0 Å². The summed E-state index contributed by atoms with van der Waals surface area (Å²) in [7, 11) is 0. The van der Waals surface area contributed by atoms with Crippen LogP contribution in [0.4, 0.5) is 4.39 Å². The first-order valence-electron chi connectivity index (χ1n) is 6.49. The molecule has 0 aliphatic carbocycles. The molecule has 0 fully saturated rings. The normalized spacial score (nSPS) is 12.5. The molecule has 2 N–H and O–H groups in total. The molecule has 0 saturated heterocycles. The molecule has 19 heavy (non-hydrogen) atoms. The molecule has 0 heterocycles. The highest BCUT2D eigenvalue weighted by Crippen LogP contribution is 2.27. The quantitative estimate of drug-likeness (QED) is 0.861. The van der Waals surface area contributed by atoms with Crippen molar-refractivity contribution in [2.24, 2.45) is 5.73 Å². The SMILES string of the molecule is Cc1cc(C)cc(C(N)c2c(C)cc(C)cc2F)c1. The van der Waals surface area contributed by atoms with Gasteiger partial charge in [-0.25, -0.2) is 4.39 Å². The van der Waals surface area contributed by atoms with Gasteiger partial charge in [0.2, 0.25) is 0 Å². The zero-order valence-corrected chi connectivity index (χ0v) is 11.9. The van der Waals surface area contributed by atoms with Gasteiger partial charge in [0, 0.05) is 5.56 Å². The van der Waals surface area contributed by atoms with E-state index in [0.717, 1.165) is 27.8 Å². The second kappa shape index (κ2) is 5.14. The molecular weight excluding hydrogens is 237 g/mol. The van der Waals surface area contributed by atoms with Gasteiger partial charge in [0.1, 0.15) is 5.82 Å². The van der Waals surface area contributed by atoms with E-state index in [9.17, 15) is 4.39 Å². The van der Waals surface area contributed by atoms with Gasteiger partial charge in [-0.3, -0.25) is 0 Å². The van der Waals surface area contributed by atoms with Crippen LogP contribution in [0, 0.1) is 33.5 Å². The maximum atomic E-state index is 14.2. The lowest BCUT2D eigenvalue weighted by atomic mass is 9.92. The lowest BCUT2D eigenvalue weighted by molar-refractivity contribution is 0.596. The minimum absolute atomic E-state index is 0.218. The molecule has 0 amide bonds. The fraction of sp³-hybridized carbons (Fsp3) is 0.294. The van der Waals surface area contributed by atoms with E-state index in [1.54, 1.807) is 6.07 Å². The van der Waals surface area contributed by atoms with Gasteiger partial charge in [0.15, 0.2) is 0 Å². The Morgan fingerprint density at radius 2 is 1.37 bits per heavy atom. The molecule has 2 rings (SSSR count). The molecule has 2 aromatic rings. The molecule has 1 nitrogen and oxygen atoms in total. The molecular formula is C17H20FN. The molecule has 0 radical (unpaired) electrons. The average molecular weight is 257 g/mol. The van der Waals surface area contributed by atoms with Crippen molar-refractivity contribution in [2.45, 2.75) is 33.7 Å². The third kappa shape index (κ3) is 2.85. The first-order valence-corrected chi connectivity index (χ1v) is 6.49. The third-order valence-electron chi connectivity index (χ3n) is 3.39. The Kier molecular flexibility index (Phi) is 3.72. The summed E-state index contributed by atoms with van der Waals surface area (Å²) < 4.78 is 14.2. The molecule has 0 aliphatic heterocycles. The zero-order valence-electron chi connectivity index (χ0n) is 11.9. The van der Waals surface area contributed by atoms with Crippen molar-refractivity contribution >= 4 is 0 Å². The Labute approximate surface area is 114 Å². The van der Waals surface area contributed by atoms with Crippen LogP contribution < -0.4 is 5.73 Å². The summed E-state index contributed by atoms with van der Waals surface area (Å²) in [4.78, 5) is 0. The van der Waals surface area contributed by atoms with E-state index < -0.39 is 6.04 Å². The summed E-state index contributed by atoms with van der Waals surface area (Å²) in [5.41, 5.74) is 11.9. The largest absolute Gasteiger partial charge is 0.320 e. The Morgan fingerprint density at radius 1 is 0.842 bits per heavy atom. The van der Waals surface area contributed by atoms with E-state index >= 15 is 0 Å². The van der Waals surface area contributed by atoms with Gasteiger partial charge < -0.3 is 5.73 Å². The molecule has 2 aromatic carbocycles. The number of hydrogen-bond acceptors (Lipinski definition) is 1. The maximum Gasteiger partial charge on any atom is 0.128 e. The lowest BCUT2D eigenvalue weighted by Gasteiger charge is -2.18. The van der Waals surface area contributed by atoms with Crippen molar-refractivity contribution in [3.63, 3.8) is 0 Å². The first kappa shape index (κ1) is 13.8. The molecule has 0 aliphatic rings. The highest BCUT2D eigenvalue weighted by atomic mass is 19.1. The van der Waals surface area contributed by atoms with Gasteiger partial charge in [0.25, 0.3) is 0 Å². The van der Waals surface area contributed by atoms with Crippen molar-refractivity contribution in [3.8, 4) is 0 Å². The van der Waals surface area contributed by atoms with E-state index in [2.05, 4.69) is 6.07 Å². The summed E-state index contributed by atoms with van der Waals surface area (Å²) >= 11 is 0. The van der Waals surface area contributed by atoms with E-state index in [0.29, 0.717) is 5.56 Å². The summed E-state index contributed by atoms with van der Waals surface area (Å²) in [6.07, 6.45) is 0. The summed E-state index contributed by atoms with van der Waals surface area (Å²) in [5.74, 6) is -0.218. The number of halogens is 1. The van der Waals surface area contributed by atoms with Gasteiger partial charge in [-0.1, -0.05) is 35.4 Å². The highest BCUT2D eigenvalue weighted by molar-refractivity contribution is 5.41. The van der Waals surface area contributed by atoms with E-state index in [1.165, 1.54) is 0 Å². The monoisotopic (exact) mass is 257 g/mol. The molecule has 1 unspecified atom stereocenters. The van der Waals surface area contributed by atoms with E-state index in [4.69, 9.17) is 5.73 Å². The van der Waals surface area contributed by atoms with Crippen LogP contribution in [0.1, 0.15) is 39.4 Å². The molecule has 0 aromatic heterocycles. The van der Waals surface area contributed by atoms with Crippen LogP contribution in [0.2, 0.25) is 0 Å². The molecule has 2 heteroatoms. The third-order valence-corrected chi connectivity index (χ3v) is 3.39. The zero-order chi connectivity index (χ0) is 14.2. The van der Waals surface area contributed by atoms with Crippen molar-refractivity contribution < 1.29 is 4.39 Å². The van der Waals surface area contributed by atoms with Crippen LogP contribution in [0.15, 0.2) is 30.3 Å². The Morgan fingerprint density at radius 3 is 1.89 bits per heavy atom. The average Bonchev–Trinajstić information content (AvgIpc) is 2.25. The van der Waals surface area contributed by atoms with Crippen LogP contribution in [0.5, 0.6) is 0 Å². The fourth-order valence-corrected chi connectivity index (χ4v) is 2.68. The van der Waals surface area contributed by atoms with Crippen LogP contribution in [-0.2, 0) is 0 Å². The van der Waals surface area contributed by atoms with Gasteiger partial charge in [-0.15, -0.1) is 0 Å². The fourth-order valence-electron chi connectivity index (χ4n) is 2.68. The Balaban J connectivity index is 2.52. The van der Waals surface area contributed by atoms with Crippen molar-refractivity contribution in [1.29, 1.82) is 0 Å². The van der Waals surface area contributed by atoms with Gasteiger partial charge in [0.05, 0.1) is 6.04 Å². The molecule has 0 bridgehead atoms. The van der Waals surface area contributed by atoms with Gasteiger partial charge in [-0.2, -0.15) is 0 Å². The minimum atomic E-state index is -0.417. The molecule has 0 spiro atoms. The second-order valence-corrected chi connectivity index (χ2v) is 5.38. The topological polar surface area (TPSA) is 26.0 Å². The van der Waals surface area contributed by atoms with Gasteiger partial charge in [-0.05, 0) is 50.5 Å². The van der Waals surface area contributed by atoms with Crippen LogP contribution >= 0.6 is 0 Å². The second-order valence-electron chi connectivity index (χ2n) is 5.38. The smallest absolute Gasteiger partial charge is 0.128 e. The first-order chi connectivity index (χ1) is 8.88. The van der Waals surface area contributed by atoms with Crippen LogP contribution in [-0.4, -0.2) is 0 Å². The summed E-state index contributed by atoms with van der Waals surface area (Å²) in [6.45, 7) is 7.86. The van der Waals surface area contributed by atoms with Crippen molar-refractivity contribution in [3.05, 3.63) is 69.5 Å². The summed E-state index contributed by atoms with van der Waals surface area (Å²) in [5, 5.41) is 0. The predicted octanol–water partition coefficient (Wildman–Crippen LogP) is 4.11. The highest BCUT2D eigenvalue weighted by Gasteiger charge is 2.17. The standard InChI is InChI=1S/C17H20FN/c1-10-5-11(2)8-14(7-10)17(19)16-13(4)6-12(3)9-15(16)18/h5-9,17H,19H2,1-4H3. The Bertz CT molecular complexity index is 573. The molecule has 1 atom stereocenters. The van der Waals surface area contributed by atoms with E-state index in [1.807, 2.05) is 45.9 Å². The lowest BCUT2D eigenvalue weighted by Crippen LogP contribution is -2.16.